The van der Waals surface area contributed by atoms with Gasteiger partial charge in [0.15, 0.2) is 5.69 Å². The zero-order valence-corrected chi connectivity index (χ0v) is 13.9. The monoisotopic (exact) mass is 343 g/mol. The van der Waals surface area contributed by atoms with Crippen molar-refractivity contribution in [1.29, 1.82) is 0 Å². The lowest BCUT2D eigenvalue weighted by molar-refractivity contribution is -0.121. The molecule has 2 aromatic rings. The lowest BCUT2D eigenvalue weighted by Gasteiger charge is -2.10. The number of carboxylic acids is 1. The molecule has 0 aliphatic carbocycles. The lowest BCUT2D eigenvalue weighted by Crippen LogP contribution is -2.24. The van der Waals surface area contributed by atoms with Gasteiger partial charge in [0.25, 0.3) is 0 Å². The molecule has 1 atom stereocenters. The lowest BCUT2D eigenvalue weighted by atomic mass is 10.1. The minimum Gasteiger partial charge on any atom is -0.476 e. The van der Waals surface area contributed by atoms with Crippen LogP contribution in [-0.2, 0) is 16.1 Å². The van der Waals surface area contributed by atoms with E-state index in [-0.39, 0.29) is 17.7 Å². The number of aromatic carboxylic acids is 1. The van der Waals surface area contributed by atoms with Gasteiger partial charge in [0.05, 0.1) is 11.8 Å². The van der Waals surface area contributed by atoms with Crippen LogP contribution >= 0.6 is 0 Å². The molecule has 0 radical (unpaired) electrons. The summed E-state index contributed by atoms with van der Waals surface area (Å²) in [5.41, 5.74) is 1.67. The number of nitrogens with one attached hydrogen (secondary N) is 1. The van der Waals surface area contributed by atoms with Crippen molar-refractivity contribution in [3.63, 3.8) is 0 Å². The number of carbonyl (C=O) groups is 2. The summed E-state index contributed by atoms with van der Waals surface area (Å²) in [6.07, 6.45) is 5.16. The molecule has 1 amide bonds. The Morgan fingerprint density at radius 3 is 2.96 bits per heavy atom. The van der Waals surface area contributed by atoms with E-state index in [4.69, 9.17) is 9.84 Å². The fourth-order valence-corrected chi connectivity index (χ4v) is 2.84. The third-order valence-electron chi connectivity index (χ3n) is 4.19. The fourth-order valence-electron chi connectivity index (χ4n) is 2.84. The molecule has 0 saturated carbocycles. The van der Waals surface area contributed by atoms with Crippen LogP contribution in [0.1, 0.15) is 41.7 Å². The number of benzene rings is 1. The molecule has 7 nitrogen and oxygen atoms in total. The molecule has 1 unspecified atom stereocenters. The van der Waals surface area contributed by atoms with Crippen LogP contribution in [0.15, 0.2) is 36.5 Å². The summed E-state index contributed by atoms with van der Waals surface area (Å²) in [7, 11) is 0. The SMILES string of the molecule is O=C(CCC1CCCO1)NCc1cccc(-n2ccc(C(=O)O)n2)c1. The minimum absolute atomic E-state index is 0.00663. The van der Waals surface area contributed by atoms with Gasteiger partial charge in [-0.25, -0.2) is 9.48 Å². The van der Waals surface area contributed by atoms with Gasteiger partial charge in [-0.3, -0.25) is 4.79 Å². The molecule has 0 spiro atoms. The predicted octanol–water partition coefficient (Wildman–Crippen LogP) is 2.15. The molecule has 2 N–H and O–H groups in total. The highest BCUT2D eigenvalue weighted by atomic mass is 16.5. The van der Waals surface area contributed by atoms with E-state index in [2.05, 4.69) is 10.4 Å². The normalized spacial score (nSPS) is 16.7. The van der Waals surface area contributed by atoms with Crippen LogP contribution in [0, 0.1) is 0 Å². The molecule has 1 aliphatic rings. The maximum atomic E-state index is 12.0. The van der Waals surface area contributed by atoms with Crippen molar-refractivity contribution < 1.29 is 19.4 Å². The molecule has 1 saturated heterocycles. The second kappa shape index (κ2) is 7.94. The summed E-state index contributed by atoms with van der Waals surface area (Å²) in [5.74, 6) is -1.05. The van der Waals surface area contributed by atoms with Crippen LogP contribution in [0.5, 0.6) is 0 Å². The molecular weight excluding hydrogens is 322 g/mol. The Morgan fingerprint density at radius 2 is 2.24 bits per heavy atom. The summed E-state index contributed by atoms with van der Waals surface area (Å²) in [6, 6.07) is 8.92. The zero-order valence-electron chi connectivity index (χ0n) is 13.9. The predicted molar refractivity (Wildman–Crippen MR) is 90.6 cm³/mol. The Kier molecular flexibility index (Phi) is 5.45. The van der Waals surface area contributed by atoms with E-state index in [9.17, 15) is 9.59 Å². The van der Waals surface area contributed by atoms with Crippen molar-refractivity contribution in [2.45, 2.75) is 38.3 Å². The number of hydrogen-bond donors (Lipinski definition) is 2. The highest BCUT2D eigenvalue weighted by Gasteiger charge is 2.16. The van der Waals surface area contributed by atoms with Crippen LogP contribution < -0.4 is 5.32 Å². The number of carboxylic acid groups (broad SMARTS) is 1. The molecule has 7 heteroatoms. The first-order valence-corrected chi connectivity index (χ1v) is 8.38. The van der Waals surface area contributed by atoms with E-state index in [1.165, 1.54) is 10.7 Å². The van der Waals surface area contributed by atoms with Gasteiger partial charge < -0.3 is 15.2 Å². The topological polar surface area (TPSA) is 93.5 Å². The summed E-state index contributed by atoms with van der Waals surface area (Å²) >= 11 is 0. The smallest absolute Gasteiger partial charge is 0.356 e. The summed E-state index contributed by atoms with van der Waals surface area (Å²) in [5, 5.41) is 15.9. The van der Waals surface area contributed by atoms with E-state index in [0.717, 1.165) is 37.1 Å². The molecule has 1 fully saturated rings. The number of rotatable bonds is 7. The second-order valence-electron chi connectivity index (χ2n) is 6.07. The molecule has 1 aliphatic heterocycles. The maximum Gasteiger partial charge on any atom is 0.356 e. The highest BCUT2D eigenvalue weighted by molar-refractivity contribution is 5.85. The molecule has 1 aromatic carbocycles. The van der Waals surface area contributed by atoms with E-state index in [1.54, 1.807) is 6.20 Å². The minimum atomic E-state index is -1.06. The van der Waals surface area contributed by atoms with E-state index in [1.807, 2.05) is 24.3 Å². The number of carbonyl (C=O) groups excluding carboxylic acids is 1. The number of amides is 1. The molecule has 25 heavy (non-hydrogen) atoms. The van der Waals surface area contributed by atoms with Gasteiger partial charge in [0.2, 0.25) is 5.91 Å². The number of nitrogens with zero attached hydrogens (tertiary/aromatic N) is 2. The van der Waals surface area contributed by atoms with Gasteiger partial charge >= 0.3 is 5.97 Å². The Labute approximate surface area is 145 Å². The van der Waals surface area contributed by atoms with E-state index >= 15 is 0 Å². The number of hydrogen-bond acceptors (Lipinski definition) is 4. The maximum absolute atomic E-state index is 12.0. The molecule has 3 rings (SSSR count). The molecule has 0 bridgehead atoms. The van der Waals surface area contributed by atoms with Crippen LogP contribution in [0.4, 0.5) is 0 Å². The van der Waals surface area contributed by atoms with Crippen molar-refractivity contribution in [3.05, 3.63) is 47.8 Å². The van der Waals surface area contributed by atoms with Gasteiger partial charge in [0, 0.05) is 25.8 Å². The fraction of sp³-hybridized carbons (Fsp3) is 0.389. The zero-order chi connectivity index (χ0) is 17.6. The molecule has 2 heterocycles. The Bertz CT molecular complexity index is 750. The van der Waals surface area contributed by atoms with Crippen molar-refractivity contribution in [1.82, 2.24) is 15.1 Å². The highest BCUT2D eigenvalue weighted by Crippen LogP contribution is 2.16. The first kappa shape index (κ1) is 17.2. The van der Waals surface area contributed by atoms with Gasteiger partial charge in [-0.1, -0.05) is 12.1 Å². The summed E-state index contributed by atoms with van der Waals surface area (Å²) in [6.45, 7) is 1.22. The Morgan fingerprint density at radius 1 is 1.36 bits per heavy atom. The largest absolute Gasteiger partial charge is 0.476 e. The standard InChI is InChI=1S/C18H21N3O4/c22-17(7-6-15-5-2-10-25-15)19-12-13-3-1-4-14(11-13)21-9-8-16(20-21)18(23)24/h1,3-4,8-9,11,15H,2,5-7,10,12H2,(H,19,22)(H,23,24). The average Bonchev–Trinajstić information content (AvgIpc) is 3.30. The van der Waals surface area contributed by atoms with Gasteiger partial charge in [-0.2, -0.15) is 5.10 Å². The van der Waals surface area contributed by atoms with Gasteiger partial charge in [-0.15, -0.1) is 0 Å². The molecular formula is C18H21N3O4. The second-order valence-corrected chi connectivity index (χ2v) is 6.07. The number of aromatic nitrogens is 2. The van der Waals surface area contributed by atoms with Crippen molar-refractivity contribution in [2.75, 3.05) is 6.61 Å². The third-order valence-corrected chi connectivity index (χ3v) is 4.19. The van der Waals surface area contributed by atoms with E-state index in [0.29, 0.717) is 13.0 Å². The number of ether oxygens (including phenoxy) is 1. The molecule has 132 valence electrons. The third kappa shape index (κ3) is 4.67. The van der Waals surface area contributed by atoms with Gasteiger partial charge in [0.1, 0.15) is 0 Å². The first-order chi connectivity index (χ1) is 12.1. The van der Waals surface area contributed by atoms with Crippen LogP contribution in [0.25, 0.3) is 5.69 Å². The van der Waals surface area contributed by atoms with Crippen LogP contribution in [0.2, 0.25) is 0 Å². The van der Waals surface area contributed by atoms with Crippen LogP contribution in [-0.4, -0.2) is 39.5 Å². The first-order valence-electron chi connectivity index (χ1n) is 8.38. The van der Waals surface area contributed by atoms with E-state index < -0.39 is 5.97 Å². The summed E-state index contributed by atoms with van der Waals surface area (Å²) < 4.78 is 7.02. The Hall–Kier alpha value is -2.67. The quantitative estimate of drug-likeness (QED) is 0.803. The van der Waals surface area contributed by atoms with Crippen molar-refractivity contribution in [2.24, 2.45) is 0 Å². The van der Waals surface area contributed by atoms with Crippen molar-refractivity contribution in [3.8, 4) is 5.69 Å². The Balaban J connectivity index is 1.54. The molecule has 1 aromatic heterocycles. The van der Waals surface area contributed by atoms with Crippen LogP contribution in [0.3, 0.4) is 0 Å². The summed E-state index contributed by atoms with van der Waals surface area (Å²) in [4.78, 5) is 22.9. The average molecular weight is 343 g/mol. The van der Waals surface area contributed by atoms with Crippen molar-refractivity contribution >= 4 is 11.9 Å². The van der Waals surface area contributed by atoms with Gasteiger partial charge in [-0.05, 0) is 43.0 Å².